The number of thioether (sulfide) groups is 1. The Morgan fingerprint density at radius 3 is 2.56 bits per heavy atom. The number of carbonyl (C=O) groups is 2. The zero-order valence-corrected chi connectivity index (χ0v) is 18.1. The van der Waals surface area contributed by atoms with E-state index in [0.29, 0.717) is 23.6 Å². The van der Waals surface area contributed by atoms with E-state index in [-0.39, 0.29) is 5.75 Å². The van der Waals surface area contributed by atoms with Gasteiger partial charge in [-0.3, -0.25) is 9.59 Å². The van der Waals surface area contributed by atoms with Crippen LogP contribution in [0.5, 0.6) is 0 Å². The van der Waals surface area contributed by atoms with Gasteiger partial charge < -0.3 is 15.2 Å². The average Bonchev–Trinajstić information content (AvgIpc) is 3.19. The third kappa shape index (κ3) is 5.47. The predicted molar refractivity (Wildman–Crippen MR) is 115 cm³/mol. The number of carbonyl (C=O) groups excluding carboxylic acids is 2. The number of anilines is 1. The molecule has 0 saturated heterocycles. The Morgan fingerprint density at radius 2 is 1.84 bits per heavy atom. The first-order valence-electron chi connectivity index (χ1n) is 9.63. The summed E-state index contributed by atoms with van der Waals surface area (Å²) in [5.74, 6) is -5.15. The Bertz CT molecular complexity index is 1150. The molecule has 2 aromatic carbocycles. The van der Waals surface area contributed by atoms with Gasteiger partial charge in [-0.25, -0.2) is 13.2 Å². The molecule has 0 aliphatic rings. The Balaban J connectivity index is 1.54. The van der Waals surface area contributed by atoms with E-state index in [9.17, 15) is 22.8 Å². The fourth-order valence-corrected chi connectivity index (χ4v) is 3.69. The summed E-state index contributed by atoms with van der Waals surface area (Å²) in [6.45, 7) is 4.05. The minimum absolute atomic E-state index is 0.0290. The van der Waals surface area contributed by atoms with Crippen LogP contribution in [0, 0.1) is 24.4 Å². The Hall–Kier alpha value is -3.34. The van der Waals surface area contributed by atoms with Gasteiger partial charge in [-0.2, -0.15) is 0 Å². The van der Waals surface area contributed by atoms with Gasteiger partial charge in [-0.1, -0.05) is 35.5 Å². The van der Waals surface area contributed by atoms with Gasteiger partial charge in [0.15, 0.2) is 28.4 Å². The van der Waals surface area contributed by atoms with E-state index in [0.717, 1.165) is 29.0 Å². The van der Waals surface area contributed by atoms with Gasteiger partial charge in [-0.15, -0.1) is 10.2 Å². The molecule has 7 nitrogen and oxygen atoms in total. The van der Waals surface area contributed by atoms with Gasteiger partial charge in [0.05, 0.1) is 18.0 Å². The van der Waals surface area contributed by atoms with Crippen molar-refractivity contribution in [3.05, 3.63) is 59.4 Å². The molecular weight excluding hydrogens is 443 g/mol. The molecule has 11 heteroatoms. The van der Waals surface area contributed by atoms with Gasteiger partial charge in [0, 0.05) is 12.1 Å². The van der Waals surface area contributed by atoms with Crippen LogP contribution in [-0.2, 0) is 16.1 Å². The molecular formula is C21H20F3N5O2S. The van der Waals surface area contributed by atoms with Crippen molar-refractivity contribution in [2.24, 2.45) is 0 Å². The second-order valence-electron chi connectivity index (χ2n) is 6.76. The number of benzene rings is 2. The van der Waals surface area contributed by atoms with Crippen molar-refractivity contribution >= 4 is 29.3 Å². The minimum Gasteiger partial charge on any atom is -0.346 e. The highest BCUT2D eigenvalue weighted by Crippen LogP contribution is 2.24. The minimum atomic E-state index is -1.69. The molecule has 0 bridgehead atoms. The maximum absolute atomic E-state index is 13.6. The molecule has 1 heterocycles. The van der Waals surface area contributed by atoms with Crippen LogP contribution in [0.1, 0.15) is 12.5 Å². The molecule has 32 heavy (non-hydrogen) atoms. The number of halogens is 3. The molecule has 0 unspecified atom stereocenters. The number of nitrogens with one attached hydrogen (secondary N) is 2. The first kappa shape index (κ1) is 23.3. The lowest BCUT2D eigenvalue weighted by Crippen LogP contribution is -2.34. The van der Waals surface area contributed by atoms with E-state index in [1.807, 2.05) is 42.7 Å². The second-order valence-corrected chi connectivity index (χ2v) is 7.70. The van der Waals surface area contributed by atoms with Crippen LogP contribution in [0.25, 0.3) is 11.4 Å². The Kier molecular flexibility index (Phi) is 7.52. The van der Waals surface area contributed by atoms with Crippen LogP contribution in [0.15, 0.2) is 41.6 Å². The highest BCUT2D eigenvalue weighted by Gasteiger charge is 2.17. The van der Waals surface area contributed by atoms with Gasteiger partial charge in [0.1, 0.15) is 0 Å². The lowest BCUT2D eigenvalue weighted by Gasteiger charge is -2.09. The maximum Gasteiger partial charge on any atom is 0.243 e. The Labute approximate surface area is 186 Å². The summed E-state index contributed by atoms with van der Waals surface area (Å²) in [7, 11) is 0. The molecule has 0 aliphatic carbocycles. The fourth-order valence-electron chi connectivity index (χ4n) is 2.86. The summed E-state index contributed by atoms with van der Waals surface area (Å²) in [6.07, 6.45) is 0. The SMILES string of the molecule is CCn1c(SCC(=O)NCC(=O)Nc2ccc(F)c(F)c2F)nnc1-c1cccc(C)c1. The smallest absolute Gasteiger partial charge is 0.243 e. The third-order valence-electron chi connectivity index (χ3n) is 4.40. The Morgan fingerprint density at radius 1 is 1.06 bits per heavy atom. The van der Waals surface area contributed by atoms with Crippen molar-refractivity contribution in [1.82, 2.24) is 20.1 Å². The number of hydrogen-bond donors (Lipinski definition) is 2. The zero-order chi connectivity index (χ0) is 23.3. The van der Waals surface area contributed by atoms with E-state index >= 15 is 0 Å². The fraction of sp³-hybridized carbons (Fsp3) is 0.238. The molecule has 3 rings (SSSR count). The normalized spacial score (nSPS) is 10.8. The summed E-state index contributed by atoms with van der Waals surface area (Å²) in [5, 5.41) is 13.4. The first-order valence-corrected chi connectivity index (χ1v) is 10.6. The van der Waals surface area contributed by atoms with Crippen LogP contribution < -0.4 is 10.6 Å². The number of rotatable bonds is 8. The molecule has 2 N–H and O–H groups in total. The van der Waals surface area contributed by atoms with E-state index in [2.05, 4.69) is 20.8 Å². The lowest BCUT2D eigenvalue weighted by molar-refractivity contribution is -0.122. The molecule has 0 aliphatic heterocycles. The van der Waals surface area contributed by atoms with Crippen LogP contribution in [0.3, 0.4) is 0 Å². The van der Waals surface area contributed by atoms with Crippen molar-refractivity contribution in [2.45, 2.75) is 25.5 Å². The predicted octanol–water partition coefficient (Wildman–Crippen LogP) is 3.54. The van der Waals surface area contributed by atoms with Crippen LogP contribution in [0.2, 0.25) is 0 Å². The molecule has 3 aromatic rings. The molecule has 1 aromatic heterocycles. The average molecular weight is 463 g/mol. The summed E-state index contributed by atoms with van der Waals surface area (Å²) in [5.41, 5.74) is 1.48. The maximum atomic E-state index is 13.6. The zero-order valence-electron chi connectivity index (χ0n) is 17.3. The van der Waals surface area contributed by atoms with Gasteiger partial charge in [0.25, 0.3) is 0 Å². The third-order valence-corrected chi connectivity index (χ3v) is 5.36. The summed E-state index contributed by atoms with van der Waals surface area (Å²) in [4.78, 5) is 24.0. The second kappa shape index (κ2) is 10.3. The van der Waals surface area contributed by atoms with Crippen molar-refractivity contribution in [2.75, 3.05) is 17.6 Å². The number of hydrogen-bond acceptors (Lipinski definition) is 5. The van der Waals surface area contributed by atoms with Crippen molar-refractivity contribution in [1.29, 1.82) is 0 Å². The van der Waals surface area contributed by atoms with Crippen LogP contribution >= 0.6 is 11.8 Å². The summed E-state index contributed by atoms with van der Waals surface area (Å²) < 4.78 is 41.7. The van der Waals surface area contributed by atoms with Crippen LogP contribution in [-0.4, -0.2) is 38.9 Å². The van der Waals surface area contributed by atoms with E-state index < -0.39 is 41.5 Å². The molecule has 0 spiro atoms. The molecule has 0 saturated carbocycles. The monoisotopic (exact) mass is 463 g/mol. The first-order chi connectivity index (χ1) is 15.3. The number of aryl methyl sites for hydroxylation is 1. The molecule has 0 fully saturated rings. The number of aromatic nitrogens is 3. The summed E-state index contributed by atoms with van der Waals surface area (Å²) in [6, 6.07) is 9.42. The van der Waals surface area contributed by atoms with E-state index in [1.54, 1.807) is 0 Å². The largest absolute Gasteiger partial charge is 0.346 e. The topological polar surface area (TPSA) is 88.9 Å². The molecule has 168 valence electrons. The van der Waals surface area contributed by atoms with Crippen molar-refractivity contribution < 1.29 is 22.8 Å². The van der Waals surface area contributed by atoms with Gasteiger partial charge in [0.2, 0.25) is 11.8 Å². The summed E-state index contributed by atoms with van der Waals surface area (Å²) >= 11 is 1.16. The number of amides is 2. The highest BCUT2D eigenvalue weighted by atomic mass is 32.2. The quantitative estimate of drug-likeness (QED) is 0.394. The van der Waals surface area contributed by atoms with Gasteiger partial charge >= 0.3 is 0 Å². The number of nitrogens with zero attached hydrogens (tertiary/aromatic N) is 3. The highest BCUT2D eigenvalue weighted by molar-refractivity contribution is 7.99. The molecule has 2 amide bonds. The van der Waals surface area contributed by atoms with Gasteiger partial charge in [-0.05, 0) is 32.0 Å². The van der Waals surface area contributed by atoms with Crippen molar-refractivity contribution in [3.8, 4) is 11.4 Å². The molecule has 0 atom stereocenters. The van der Waals surface area contributed by atoms with E-state index in [1.165, 1.54) is 0 Å². The lowest BCUT2D eigenvalue weighted by atomic mass is 10.1. The van der Waals surface area contributed by atoms with Crippen LogP contribution in [0.4, 0.5) is 18.9 Å². The van der Waals surface area contributed by atoms with E-state index in [4.69, 9.17) is 0 Å². The van der Waals surface area contributed by atoms with Crippen molar-refractivity contribution in [3.63, 3.8) is 0 Å². The molecule has 0 radical (unpaired) electrons. The standard InChI is InChI=1S/C21H20F3N5O2S/c1-3-29-20(13-6-4-5-12(2)9-13)27-28-21(29)32-11-17(31)25-10-16(30)26-15-8-7-14(22)18(23)19(15)24/h4-9H,3,10-11H2,1-2H3,(H,25,31)(H,26,30).